The molecule has 0 bridgehead atoms. The molecule has 1 aromatic carbocycles. The van der Waals surface area contributed by atoms with Crippen LogP contribution in [0.5, 0.6) is 0 Å². The van der Waals surface area contributed by atoms with Gasteiger partial charge in [-0.3, -0.25) is 0 Å². The maximum atomic E-state index is 13.4. The van der Waals surface area contributed by atoms with Crippen LogP contribution in [0.1, 0.15) is 30.3 Å². The molecule has 0 unspecified atom stereocenters. The molecular weight excluding hydrogens is 513 g/mol. The van der Waals surface area contributed by atoms with E-state index >= 15 is 0 Å². The van der Waals surface area contributed by atoms with E-state index in [-0.39, 0.29) is 11.9 Å². The molecule has 3 aromatic heterocycles. The molecule has 13 heteroatoms. The monoisotopic (exact) mass is 539 g/mol. The quantitative estimate of drug-likeness (QED) is 0.389. The number of imidazole rings is 1. The Morgan fingerprint density at radius 3 is 2.70 bits per heavy atom. The highest BCUT2D eigenvalue weighted by Crippen LogP contribution is 2.38. The van der Waals surface area contributed by atoms with Gasteiger partial charge in [0.25, 0.3) is 0 Å². The van der Waals surface area contributed by atoms with Gasteiger partial charge in [0, 0.05) is 32.7 Å². The van der Waals surface area contributed by atoms with Crippen LogP contribution < -0.4 is 15.5 Å². The Labute approximate surface area is 221 Å². The summed E-state index contributed by atoms with van der Waals surface area (Å²) in [5.74, 6) is 0.441. The van der Waals surface area contributed by atoms with Crippen molar-refractivity contribution in [3.05, 3.63) is 40.7 Å². The predicted octanol–water partition coefficient (Wildman–Crippen LogP) is 4.23. The van der Waals surface area contributed by atoms with Crippen molar-refractivity contribution in [1.82, 2.24) is 24.5 Å². The van der Waals surface area contributed by atoms with E-state index in [2.05, 4.69) is 11.0 Å². The van der Waals surface area contributed by atoms with Crippen molar-refractivity contribution >= 4 is 49.7 Å². The first kappa shape index (κ1) is 24.9. The van der Waals surface area contributed by atoms with Gasteiger partial charge in [-0.25, -0.2) is 19.2 Å². The Hall–Kier alpha value is -3.76. The van der Waals surface area contributed by atoms with Crippen LogP contribution in [0.15, 0.2) is 24.3 Å². The van der Waals surface area contributed by atoms with E-state index in [1.165, 1.54) is 34.8 Å². The van der Waals surface area contributed by atoms with Crippen LogP contribution in [0, 0.1) is 17.1 Å². The number of hydrogen-bond donors (Lipinski definition) is 1. The molecular formula is C24H26FN9OS2. The number of piperidine rings is 1. The van der Waals surface area contributed by atoms with Gasteiger partial charge in [-0.15, -0.1) is 5.10 Å². The molecule has 2 amide bonds. The van der Waals surface area contributed by atoms with E-state index in [0.29, 0.717) is 34.2 Å². The zero-order valence-electron chi connectivity index (χ0n) is 20.7. The lowest BCUT2D eigenvalue weighted by Crippen LogP contribution is -2.50. The lowest BCUT2D eigenvalue weighted by atomic mass is 10.1. The third kappa shape index (κ3) is 4.58. The van der Waals surface area contributed by atoms with Crippen molar-refractivity contribution in [3.8, 4) is 17.3 Å². The number of anilines is 3. The summed E-state index contributed by atoms with van der Waals surface area (Å²) in [7, 11) is 3.62. The summed E-state index contributed by atoms with van der Waals surface area (Å²) in [6, 6.07) is 7.78. The molecule has 1 saturated heterocycles. The highest BCUT2D eigenvalue weighted by atomic mass is 32.1. The van der Waals surface area contributed by atoms with Gasteiger partial charge >= 0.3 is 6.03 Å². The first-order valence-corrected chi connectivity index (χ1v) is 13.5. The first-order valence-electron chi connectivity index (χ1n) is 11.9. The minimum atomic E-state index is -0.433. The summed E-state index contributed by atoms with van der Waals surface area (Å²) in [4.78, 5) is 28.1. The molecule has 4 aromatic rings. The molecule has 0 spiro atoms. The Morgan fingerprint density at radius 1 is 1.27 bits per heavy atom. The van der Waals surface area contributed by atoms with Crippen molar-refractivity contribution < 1.29 is 9.18 Å². The molecule has 0 radical (unpaired) electrons. The molecule has 0 saturated carbocycles. The van der Waals surface area contributed by atoms with Gasteiger partial charge in [0.1, 0.15) is 22.5 Å². The van der Waals surface area contributed by atoms with Gasteiger partial charge < -0.3 is 20.4 Å². The third-order valence-electron chi connectivity index (χ3n) is 6.58. The molecule has 192 valence electrons. The maximum Gasteiger partial charge on any atom is 0.314 e. The number of halogens is 1. The number of rotatable bonds is 6. The number of nitrogens with zero attached hydrogens (tertiary/aromatic N) is 8. The van der Waals surface area contributed by atoms with Crippen LogP contribution in [0.2, 0.25) is 0 Å². The highest BCUT2D eigenvalue weighted by molar-refractivity contribution is 7.20. The Balaban J connectivity index is 1.49. The number of nitrogens with two attached hydrogens (primary N) is 1. The summed E-state index contributed by atoms with van der Waals surface area (Å²) < 4.78 is 15.3. The molecule has 1 fully saturated rings. The van der Waals surface area contributed by atoms with Crippen molar-refractivity contribution in [1.29, 1.82) is 5.26 Å². The van der Waals surface area contributed by atoms with Crippen LogP contribution in [0.4, 0.5) is 25.3 Å². The average molecular weight is 540 g/mol. The normalized spacial score (nSPS) is 15.6. The number of benzene rings is 1. The SMILES string of the molecule is CCc1nc2sc(N3CCC[C@H](N(C)C(N)=O)C3)nn2c1N(C)c1nc(-c2ccc(F)cc2)c(C#N)s1. The summed E-state index contributed by atoms with van der Waals surface area (Å²) in [6.45, 7) is 3.53. The molecule has 0 aliphatic carbocycles. The van der Waals surface area contributed by atoms with Crippen molar-refractivity contribution in [2.75, 3.05) is 37.0 Å². The fraction of sp³-hybridized carbons (Fsp3) is 0.375. The number of carbonyl (C=O) groups excluding carboxylic acids is 1. The average Bonchev–Trinajstić information content (AvgIpc) is 3.61. The van der Waals surface area contributed by atoms with Crippen LogP contribution in [0.25, 0.3) is 16.2 Å². The summed E-state index contributed by atoms with van der Waals surface area (Å²) in [6.07, 6.45) is 2.52. The summed E-state index contributed by atoms with van der Waals surface area (Å²) in [5, 5.41) is 16.1. The topological polar surface area (TPSA) is 120 Å². The number of fused-ring (bicyclic) bond motifs is 1. The van der Waals surface area contributed by atoms with Crippen LogP contribution in [0.3, 0.4) is 0 Å². The number of thiazole rings is 1. The Morgan fingerprint density at radius 2 is 2.03 bits per heavy atom. The van der Waals surface area contributed by atoms with Gasteiger partial charge in [-0.1, -0.05) is 29.6 Å². The van der Waals surface area contributed by atoms with Gasteiger partial charge in [-0.2, -0.15) is 9.78 Å². The summed E-state index contributed by atoms with van der Waals surface area (Å²) >= 11 is 2.77. The number of primary amides is 1. The van der Waals surface area contributed by atoms with Crippen molar-refractivity contribution in [2.24, 2.45) is 5.73 Å². The largest absolute Gasteiger partial charge is 0.351 e. The van der Waals surface area contributed by atoms with E-state index in [9.17, 15) is 14.4 Å². The van der Waals surface area contributed by atoms with E-state index in [1.54, 1.807) is 24.1 Å². The molecule has 1 aliphatic heterocycles. The third-order valence-corrected chi connectivity index (χ3v) is 8.58. The zero-order chi connectivity index (χ0) is 26.3. The van der Waals surface area contributed by atoms with Crippen molar-refractivity contribution in [3.63, 3.8) is 0 Å². The molecule has 1 aliphatic rings. The number of aryl methyl sites for hydroxylation is 1. The van der Waals surface area contributed by atoms with Crippen LogP contribution >= 0.6 is 22.7 Å². The van der Waals surface area contributed by atoms with E-state index in [0.717, 1.165) is 41.0 Å². The van der Waals surface area contributed by atoms with Gasteiger partial charge in [0.05, 0.1) is 11.7 Å². The summed E-state index contributed by atoms with van der Waals surface area (Å²) in [5.41, 5.74) is 7.57. The number of likely N-dealkylation sites (N-methyl/N-ethyl adjacent to an activating group) is 1. The lowest BCUT2D eigenvalue weighted by Gasteiger charge is -2.36. The number of amides is 2. The second-order valence-corrected chi connectivity index (χ2v) is 10.8. The Kier molecular flexibility index (Phi) is 6.70. The maximum absolute atomic E-state index is 13.4. The van der Waals surface area contributed by atoms with Crippen LogP contribution in [-0.2, 0) is 6.42 Å². The molecule has 10 nitrogen and oxygen atoms in total. The standard InChI is InChI=1S/C24H26FN9OS2/c1-4-17-20(32(3)22-29-19(18(12-26)36-22)14-7-9-15(25)10-8-14)34-23(28-17)37-24(30-34)33-11-5-6-16(13-33)31(2)21(27)35/h7-10,16H,4-6,11,13H2,1-3H3,(H2,27,35)/t16-/m0/s1. The fourth-order valence-electron chi connectivity index (χ4n) is 4.52. The minimum Gasteiger partial charge on any atom is -0.351 e. The second-order valence-electron chi connectivity index (χ2n) is 8.86. The van der Waals surface area contributed by atoms with Gasteiger partial charge in [-0.05, 0) is 43.5 Å². The van der Waals surface area contributed by atoms with Gasteiger partial charge in [0.15, 0.2) is 10.9 Å². The number of hydrogen-bond acceptors (Lipinski definition) is 9. The smallest absolute Gasteiger partial charge is 0.314 e. The number of urea groups is 1. The van der Waals surface area contributed by atoms with Crippen molar-refractivity contribution in [2.45, 2.75) is 32.2 Å². The molecule has 5 rings (SSSR count). The lowest BCUT2D eigenvalue weighted by molar-refractivity contribution is 0.192. The molecule has 2 N–H and O–H groups in total. The zero-order valence-corrected chi connectivity index (χ0v) is 22.3. The van der Waals surface area contributed by atoms with E-state index in [1.807, 2.05) is 23.4 Å². The van der Waals surface area contributed by atoms with E-state index < -0.39 is 6.03 Å². The Bertz CT molecular complexity index is 1490. The predicted molar refractivity (Wildman–Crippen MR) is 143 cm³/mol. The van der Waals surface area contributed by atoms with Crippen LogP contribution in [-0.4, -0.2) is 63.7 Å². The van der Waals surface area contributed by atoms with Gasteiger partial charge in [0.2, 0.25) is 10.1 Å². The van der Waals surface area contributed by atoms with E-state index in [4.69, 9.17) is 20.8 Å². The highest BCUT2D eigenvalue weighted by Gasteiger charge is 2.29. The minimum absolute atomic E-state index is 0.0282. The first-order chi connectivity index (χ1) is 17.8. The number of nitriles is 1. The molecule has 37 heavy (non-hydrogen) atoms. The number of aromatic nitrogens is 4. The molecule has 1 atom stereocenters. The second kappa shape index (κ2) is 9.95. The molecule has 4 heterocycles. The number of carbonyl (C=O) groups is 1. The fourth-order valence-corrected chi connectivity index (χ4v) is 6.32.